The summed E-state index contributed by atoms with van der Waals surface area (Å²) < 4.78 is 0. The number of aromatic hydroxyl groups is 1. The number of carbonyl (C=O) groups is 4. The Morgan fingerprint density at radius 1 is 0.689 bits per heavy atom. The molecule has 4 atom stereocenters. The van der Waals surface area contributed by atoms with Gasteiger partial charge in [0.1, 0.15) is 24.0 Å². The van der Waals surface area contributed by atoms with E-state index in [0.717, 1.165) is 91.8 Å². The van der Waals surface area contributed by atoms with Crippen LogP contribution >= 0.6 is 0 Å². The number of likely N-dealkylation sites (N-methyl/N-ethyl adjacent to an activating group) is 1. The van der Waals surface area contributed by atoms with Crippen molar-refractivity contribution in [2.75, 3.05) is 13.6 Å². The smallest absolute Gasteiger partial charge is 0.244 e. The standard InChI is InChI=1S/C48H66N8O5/c1-56-43(32-37-33-52-40-22-16-15-21-39(37)40)55-46(60)41(23-17-29-51-48(49)50)53-47(61)42(31-34-18-11-10-12-19-34)54-45(59)36(30-35-25-27-38(57)28-26-35)20-13-8-6-4-2-3-5-7-9-14-24-44(56)58/h10-12,15-16,18-19,21-22,25-28,33,36,41-43,52,57H,2-9,13-14,17,20,23-24,29-32H2,1H3,(H,53,61)(H,54,59)(H,55,60)(H4,49,50,51). The summed E-state index contributed by atoms with van der Waals surface area (Å²) in [5, 5.41) is 20.1. The molecule has 4 unspecified atom stereocenters. The zero-order chi connectivity index (χ0) is 43.4. The normalized spacial score (nSPS) is 21.2. The van der Waals surface area contributed by atoms with Crippen LogP contribution in [-0.2, 0) is 38.4 Å². The van der Waals surface area contributed by atoms with Crippen molar-refractivity contribution >= 4 is 40.5 Å². The fourth-order valence-corrected chi connectivity index (χ4v) is 8.13. The number of hydrogen-bond donors (Lipinski definition) is 7. The van der Waals surface area contributed by atoms with Crippen LogP contribution in [0, 0.1) is 5.92 Å². The number of nitrogens with one attached hydrogen (secondary N) is 4. The molecular weight excluding hydrogens is 769 g/mol. The van der Waals surface area contributed by atoms with Gasteiger partial charge in [0.05, 0.1) is 0 Å². The quantitative estimate of drug-likeness (QED) is 0.0564. The minimum atomic E-state index is -1.04. The molecule has 0 bridgehead atoms. The van der Waals surface area contributed by atoms with Gasteiger partial charge in [-0.15, -0.1) is 0 Å². The summed E-state index contributed by atoms with van der Waals surface area (Å²) in [5.41, 5.74) is 14.9. The van der Waals surface area contributed by atoms with Gasteiger partial charge in [-0.05, 0) is 67.0 Å². The Bertz CT molecular complexity index is 2010. The van der Waals surface area contributed by atoms with E-state index in [-0.39, 0.29) is 42.9 Å². The molecule has 1 saturated heterocycles. The maximum absolute atomic E-state index is 14.5. The highest BCUT2D eigenvalue weighted by Gasteiger charge is 2.32. The Kier molecular flexibility index (Phi) is 18.5. The number of carbonyl (C=O) groups excluding carboxylic acids is 4. The summed E-state index contributed by atoms with van der Waals surface area (Å²) in [5.74, 6) is -1.62. The number of nitrogens with zero attached hydrogens (tertiary/aromatic N) is 2. The topological polar surface area (TPSA) is 208 Å². The molecule has 0 aliphatic carbocycles. The Morgan fingerprint density at radius 2 is 1.30 bits per heavy atom. The van der Waals surface area contributed by atoms with Crippen LogP contribution in [0.2, 0.25) is 0 Å². The van der Waals surface area contributed by atoms with Crippen molar-refractivity contribution < 1.29 is 24.3 Å². The van der Waals surface area contributed by atoms with Crippen LogP contribution in [-0.4, -0.2) is 76.4 Å². The van der Waals surface area contributed by atoms with Gasteiger partial charge in [-0.3, -0.25) is 24.2 Å². The second-order valence-electron chi connectivity index (χ2n) is 16.5. The highest BCUT2D eigenvalue weighted by atomic mass is 16.3. The third-order valence-electron chi connectivity index (χ3n) is 11.7. The van der Waals surface area contributed by atoms with Crippen LogP contribution in [0.1, 0.15) is 107 Å². The van der Waals surface area contributed by atoms with Crippen molar-refractivity contribution in [1.82, 2.24) is 25.8 Å². The van der Waals surface area contributed by atoms with Gasteiger partial charge >= 0.3 is 0 Å². The largest absolute Gasteiger partial charge is 0.508 e. The van der Waals surface area contributed by atoms with E-state index in [2.05, 4.69) is 25.9 Å². The first-order valence-corrected chi connectivity index (χ1v) is 22.2. The van der Waals surface area contributed by atoms with Gasteiger partial charge < -0.3 is 42.4 Å². The van der Waals surface area contributed by atoms with E-state index >= 15 is 0 Å². The molecule has 4 aromatic rings. The predicted molar refractivity (Wildman–Crippen MR) is 241 cm³/mol. The molecule has 1 aromatic heterocycles. The van der Waals surface area contributed by atoms with Gasteiger partial charge in [-0.25, -0.2) is 0 Å². The lowest BCUT2D eigenvalue weighted by atomic mass is 9.91. The monoisotopic (exact) mass is 835 g/mol. The molecule has 3 aromatic carbocycles. The van der Waals surface area contributed by atoms with Crippen molar-refractivity contribution in [2.45, 2.75) is 127 Å². The number of aromatic nitrogens is 1. The van der Waals surface area contributed by atoms with Crippen LogP contribution in [0.15, 0.2) is 90.1 Å². The van der Waals surface area contributed by atoms with Gasteiger partial charge in [0.25, 0.3) is 0 Å². The Labute approximate surface area is 360 Å². The summed E-state index contributed by atoms with van der Waals surface area (Å²) in [7, 11) is 1.72. The first-order chi connectivity index (χ1) is 29.6. The second kappa shape index (κ2) is 24.4. The molecule has 0 radical (unpaired) electrons. The van der Waals surface area contributed by atoms with Crippen molar-refractivity contribution in [2.24, 2.45) is 22.4 Å². The fraction of sp³-hybridized carbons (Fsp3) is 0.479. The van der Waals surface area contributed by atoms with Gasteiger partial charge in [0.2, 0.25) is 23.6 Å². The zero-order valence-electron chi connectivity index (χ0n) is 35.7. The number of hydrogen-bond acceptors (Lipinski definition) is 6. The minimum Gasteiger partial charge on any atom is -0.508 e. The van der Waals surface area contributed by atoms with Gasteiger partial charge in [0, 0.05) is 55.9 Å². The van der Waals surface area contributed by atoms with Crippen molar-refractivity contribution in [3.05, 3.63) is 102 Å². The SMILES string of the molecule is CN1C(=O)CCCCCCCCCCCCC(Cc2ccc(O)cc2)C(=O)NC(Cc2ccccc2)C(=O)NC(CCCN=C(N)N)C(=O)NC1Cc1c[nH]c2ccccc12. The lowest BCUT2D eigenvalue weighted by Gasteiger charge is -2.31. The van der Waals surface area contributed by atoms with Crippen molar-refractivity contribution in [3.8, 4) is 5.75 Å². The predicted octanol–water partition coefficient (Wildman–Crippen LogP) is 6.14. The number of guanidine groups is 1. The third-order valence-corrected chi connectivity index (χ3v) is 11.7. The number of para-hydroxylation sites is 1. The number of H-pyrrole nitrogens is 1. The fourth-order valence-electron chi connectivity index (χ4n) is 8.13. The summed E-state index contributed by atoms with van der Waals surface area (Å²) >= 11 is 0. The average Bonchev–Trinajstić information content (AvgIpc) is 3.66. The molecule has 1 fully saturated rings. The number of nitrogens with two attached hydrogens (primary N) is 2. The average molecular weight is 835 g/mol. The molecule has 5 rings (SSSR count). The first-order valence-electron chi connectivity index (χ1n) is 22.2. The summed E-state index contributed by atoms with van der Waals surface area (Å²) in [6, 6.07) is 22.2. The molecule has 328 valence electrons. The van der Waals surface area contributed by atoms with E-state index in [0.29, 0.717) is 32.1 Å². The molecule has 1 aliphatic rings. The van der Waals surface area contributed by atoms with Crippen molar-refractivity contribution in [1.29, 1.82) is 0 Å². The summed E-state index contributed by atoms with van der Waals surface area (Å²) in [6.07, 6.45) is 14.0. The van der Waals surface area contributed by atoms with E-state index in [9.17, 15) is 24.3 Å². The minimum absolute atomic E-state index is 0.0690. The van der Waals surface area contributed by atoms with Crippen LogP contribution in [0.5, 0.6) is 5.75 Å². The molecule has 9 N–H and O–H groups in total. The van der Waals surface area contributed by atoms with Gasteiger partial charge in [-0.2, -0.15) is 0 Å². The van der Waals surface area contributed by atoms with E-state index < -0.39 is 36.0 Å². The number of aliphatic imine (C=N–C) groups is 1. The molecule has 2 heterocycles. The molecule has 0 saturated carbocycles. The van der Waals surface area contributed by atoms with Crippen LogP contribution in [0.25, 0.3) is 10.9 Å². The van der Waals surface area contributed by atoms with E-state index in [1.165, 1.54) is 0 Å². The van der Waals surface area contributed by atoms with E-state index in [1.54, 1.807) is 24.1 Å². The first kappa shape index (κ1) is 46.2. The number of benzene rings is 3. The van der Waals surface area contributed by atoms with E-state index in [4.69, 9.17) is 11.5 Å². The number of aromatic amines is 1. The maximum Gasteiger partial charge on any atom is 0.244 e. The van der Waals surface area contributed by atoms with Crippen LogP contribution in [0.3, 0.4) is 0 Å². The van der Waals surface area contributed by atoms with Crippen LogP contribution < -0.4 is 27.4 Å². The number of phenolic OH excluding ortho intramolecular Hbond substituents is 1. The summed E-state index contributed by atoms with van der Waals surface area (Å²) in [4.78, 5) is 66.1. The number of rotatable bonds is 10. The summed E-state index contributed by atoms with van der Waals surface area (Å²) in [6.45, 7) is 0.238. The van der Waals surface area contributed by atoms with Gasteiger partial charge in [0.15, 0.2) is 5.96 Å². The molecule has 13 heteroatoms. The lowest BCUT2D eigenvalue weighted by Crippen LogP contribution is -2.58. The molecular formula is C48H66N8O5. The Balaban J connectivity index is 1.45. The number of amides is 4. The number of fused-ring (bicyclic) bond motifs is 1. The highest BCUT2D eigenvalue weighted by molar-refractivity contribution is 5.93. The molecule has 4 amide bonds. The zero-order valence-corrected chi connectivity index (χ0v) is 35.7. The van der Waals surface area contributed by atoms with Gasteiger partial charge in [-0.1, -0.05) is 118 Å². The van der Waals surface area contributed by atoms with Crippen LogP contribution in [0.4, 0.5) is 0 Å². The van der Waals surface area contributed by atoms with E-state index in [1.807, 2.05) is 72.9 Å². The maximum atomic E-state index is 14.5. The lowest BCUT2D eigenvalue weighted by molar-refractivity contribution is -0.136. The van der Waals surface area contributed by atoms with Crippen molar-refractivity contribution in [3.63, 3.8) is 0 Å². The molecule has 1 aliphatic heterocycles. The Hall–Kier alpha value is -5.85. The Morgan fingerprint density at radius 3 is 2.00 bits per heavy atom. The third kappa shape index (κ3) is 15.3. The molecule has 0 spiro atoms. The molecule has 13 nitrogen and oxygen atoms in total. The second-order valence-corrected chi connectivity index (χ2v) is 16.5. The highest BCUT2D eigenvalue weighted by Crippen LogP contribution is 2.23. The number of phenols is 1. The molecule has 61 heavy (non-hydrogen) atoms.